The monoisotopic (exact) mass is 229 g/mol. The van der Waals surface area contributed by atoms with Gasteiger partial charge in [-0.3, -0.25) is 4.90 Å². The maximum Gasteiger partial charge on any atom is 0.156 e. The summed E-state index contributed by atoms with van der Waals surface area (Å²) in [6, 6.07) is 0.0626. The van der Waals surface area contributed by atoms with Crippen LogP contribution >= 0.6 is 0 Å². The van der Waals surface area contributed by atoms with E-state index >= 15 is 0 Å². The lowest BCUT2D eigenvalue weighted by Crippen LogP contribution is -2.49. The van der Waals surface area contributed by atoms with E-state index in [4.69, 9.17) is 15.7 Å². The summed E-state index contributed by atoms with van der Waals surface area (Å²) < 4.78 is 5.59. The summed E-state index contributed by atoms with van der Waals surface area (Å²) in [5, 5.41) is 11.8. The molecule has 1 aliphatic rings. The summed E-state index contributed by atoms with van der Waals surface area (Å²) in [7, 11) is 0. The van der Waals surface area contributed by atoms with Crippen molar-refractivity contribution in [2.75, 3.05) is 19.7 Å². The third-order valence-corrected chi connectivity index (χ3v) is 3.16. The molecule has 0 amide bonds. The Morgan fingerprint density at radius 2 is 2.12 bits per heavy atom. The van der Waals surface area contributed by atoms with Crippen LogP contribution < -0.4 is 5.73 Å². The summed E-state index contributed by atoms with van der Waals surface area (Å²) in [5.41, 5.74) is 5.68. The van der Waals surface area contributed by atoms with Crippen LogP contribution in [0.2, 0.25) is 0 Å². The summed E-state index contributed by atoms with van der Waals surface area (Å²) in [5.74, 6) is 0.317. The highest BCUT2D eigenvalue weighted by Crippen LogP contribution is 2.17. The maximum atomic E-state index is 8.71. The number of ether oxygens (including phenoxy) is 1. The van der Waals surface area contributed by atoms with E-state index in [1.54, 1.807) is 0 Å². The van der Waals surface area contributed by atoms with Crippen LogP contribution in [0.1, 0.15) is 33.1 Å². The van der Waals surface area contributed by atoms with Gasteiger partial charge in [0.25, 0.3) is 0 Å². The van der Waals surface area contributed by atoms with Gasteiger partial charge in [0.1, 0.15) is 0 Å². The van der Waals surface area contributed by atoms with Crippen LogP contribution in [0.4, 0.5) is 0 Å². The first-order valence-corrected chi connectivity index (χ1v) is 6.05. The number of hydrogen-bond donors (Lipinski definition) is 2. The minimum absolute atomic E-state index is 0.0626. The molecule has 0 aromatic rings. The number of likely N-dealkylation sites (tertiary alicyclic amines) is 1. The van der Waals surface area contributed by atoms with Crippen LogP contribution in [0.25, 0.3) is 0 Å². The van der Waals surface area contributed by atoms with Crippen LogP contribution in [0.3, 0.4) is 0 Å². The average Bonchev–Trinajstić information content (AvgIpc) is 2.32. The molecule has 16 heavy (non-hydrogen) atoms. The highest BCUT2D eigenvalue weighted by atomic mass is 16.5. The number of oxime groups is 1. The minimum atomic E-state index is 0.0626. The van der Waals surface area contributed by atoms with Gasteiger partial charge < -0.3 is 15.7 Å². The number of piperidine rings is 1. The molecule has 1 heterocycles. The third-order valence-electron chi connectivity index (χ3n) is 3.16. The maximum absolute atomic E-state index is 8.71. The van der Waals surface area contributed by atoms with Crippen molar-refractivity contribution < 1.29 is 9.94 Å². The third kappa shape index (κ3) is 3.35. The van der Waals surface area contributed by atoms with Gasteiger partial charge in [0.05, 0.1) is 12.1 Å². The van der Waals surface area contributed by atoms with Crippen molar-refractivity contribution in [1.29, 1.82) is 0 Å². The number of nitrogens with two attached hydrogens (primary N) is 1. The predicted molar refractivity (Wildman–Crippen MR) is 63.7 cm³/mol. The number of hydrogen-bond acceptors (Lipinski definition) is 4. The van der Waals surface area contributed by atoms with Crippen molar-refractivity contribution in [3.05, 3.63) is 0 Å². The van der Waals surface area contributed by atoms with E-state index in [1.165, 1.54) is 0 Å². The van der Waals surface area contributed by atoms with Crippen LogP contribution in [-0.2, 0) is 4.74 Å². The zero-order valence-electron chi connectivity index (χ0n) is 10.2. The van der Waals surface area contributed by atoms with Crippen LogP contribution in [-0.4, -0.2) is 47.8 Å². The molecule has 1 aliphatic heterocycles. The van der Waals surface area contributed by atoms with Crippen LogP contribution in [0.5, 0.6) is 0 Å². The normalized spacial score (nSPS) is 22.2. The first kappa shape index (κ1) is 13.3. The van der Waals surface area contributed by atoms with Crippen molar-refractivity contribution in [3.8, 4) is 0 Å². The summed E-state index contributed by atoms with van der Waals surface area (Å²) in [4.78, 5) is 2.27. The molecule has 0 saturated carbocycles. The van der Waals surface area contributed by atoms with Gasteiger partial charge in [-0.1, -0.05) is 12.1 Å². The van der Waals surface area contributed by atoms with Gasteiger partial charge in [0, 0.05) is 19.7 Å². The van der Waals surface area contributed by atoms with Gasteiger partial charge >= 0.3 is 0 Å². The zero-order valence-corrected chi connectivity index (χ0v) is 10.2. The van der Waals surface area contributed by atoms with Gasteiger partial charge in [-0.2, -0.15) is 0 Å². The van der Waals surface area contributed by atoms with Gasteiger partial charge in [-0.05, 0) is 26.2 Å². The molecule has 1 rings (SSSR count). The van der Waals surface area contributed by atoms with E-state index < -0.39 is 0 Å². The molecular formula is C11H23N3O2. The fourth-order valence-corrected chi connectivity index (χ4v) is 2.31. The number of amidine groups is 1. The second-order valence-electron chi connectivity index (χ2n) is 4.14. The molecule has 0 aromatic carbocycles. The lowest BCUT2D eigenvalue weighted by Gasteiger charge is -2.36. The fraction of sp³-hybridized carbons (Fsp3) is 0.909. The molecule has 1 unspecified atom stereocenters. The molecule has 1 saturated heterocycles. The molecule has 0 radical (unpaired) electrons. The van der Waals surface area contributed by atoms with Crippen molar-refractivity contribution in [1.82, 2.24) is 4.90 Å². The standard InChI is InChI=1S/C11H23N3O2/c1-3-10(11(12)13-15)14-7-5-9(6-8-14)16-4-2/h9-10,15H,3-8H2,1-2H3,(H2,12,13). The van der Waals surface area contributed by atoms with Crippen molar-refractivity contribution in [2.24, 2.45) is 10.9 Å². The van der Waals surface area contributed by atoms with E-state index in [2.05, 4.69) is 17.0 Å². The van der Waals surface area contributed by atoms with E-state index in [0.717, 1.165) is 39.0 Å². The Kier molecular flexibility index (Phi) is 5.55. The molecule has 94 valence electrons. The smallest absolute Gasteiger partial charge is 0.156 e. The van der Waals surface area contributed by atoms with Crippen LogP contribution in [0.15, 0.2) is 5.16 Å². The lowest BCUT2D eigenvalue weighted by atomic mass is 10.0. The molecular weight excluding hydrogens is 206 g/mol. The Morgan fingerprint density at radius 1 is 1.50 bits per heavy atom. The Morgan fingerprint density at radius 3 is 2.56 bits per heavy atom. The Balaban J connectivity index is 2.45. The highest BCUT2D eigenvalue weighted by Gasteiger charge is 2.26. The molecule has 0 spiro atoms. The van der Waals surface area contributed by atoms with Crippen LogP contribution in [0, 0.1) is 0 Å². The highest BCUT2D eigenvalue weighted by molar-refractivity contribution is 5.85. The molecule has 5 nitrogen and oxygen atoms in total. The zero-order chi connectivity index (χ0) is 12.0. The van der Waals surface area contributed by atoms with E-state index in [1.807, 2.05) is 6.92 Å². The number of nitrogens with zero attached hydrogens (tertiary/aromatic N) is 2. The first-order chi connectivity index (χ1) is 7.72. The van der Waals surface area contributed by atoms with Crippen molar-refractivity contribution in [2.45, 2.75) is 45.3 Å². The van der Waals surface area contributed by atoms with Gasteiger partial charge in [-0.15, -0.1) is 0 Å². The molecule has 0 aliphatic carbocycles. The predicted octanol–water partition coefficient (Wildman–Crippen LogP) is 1.01. The molecule has 0 aromatic heterocycles. The average molecular weight is 229 g/mol. The second-order valence-corrected chi connectivity index (χ2v) is 4.14. The Hall–Kier alpha value is -0.810. The van der Waals surface area contributed by atoms with E-state index in [0.29, 0.717) is 11.9 Å². The van der Waals surface area contributed by atoms with Gasteiger partial charge in [-0.25, -0.2) is 0 Å². The molecule has 3 N–H and O–H groups in total. The van der Waals surface area contributed by atoms with Gasteiger partial charge in [0.15, 0.2) is 5.84 Å². The quantitative estimate of drug-likeness (QED) is 0.319. The summed E-state index contributed by atoms with van der Waals surface area (Å²) >= 11 is 0. The number of rotatable bonds is 5. The summed E-state index contributed by atoms with van der Waals surface area (Å²) in [6.07, 6.45) is 3.31. The van der Waals surface area contributed by atoms with E-state index in [9.17, 15) is 0 Å². The largest absolute Gasteiger partial charge is 0.409 e. The SMILES string of the molecule is CCOC1CCN(C(CC)C(N)=NO)CC1. The Bertz CT molecular complexity index is 225. The minimum Gasteiger partial charge on any atom is -0.409 e. The second kappa shape index (κ2) is 6.70. The topological polar surface area (TPSA) is 71.1 Å². The van der Waals surface area contributed by atoms with Crippen molar-refractivity contribution in [3.63, 3.8) is 0 Å². The molecule has 0 bridgehead atoms. The molecule has 5 heteroatoms. The molecule has 1 fully saturated rings. The van der Waals surface area contributed by atoms with Gasteiger partial charge in [0.2, 0.25) is 0 Å². The summed E-state index contributed by atoms with van der Waals surface area (Å²) in [6.45, 7) is 6.77. The lowest BCUT2D eigenvalue weighted by molar-refractivity contribution is 0.00953. The van der Waals surface area contributed by atoms with E-state index in [-0.39, 0.29) is 6.04 Å². The first-order valence-electron chi connectivity index (χ1n) is 6.05. The molecule has 1 atom stereocenters. The van der Waals surface area contributed by atoms with Crippen molar-refractivity contribution >= 4 is 5.84 Å². The Labute approximate surface area is 97.2 Å². The fourth-order valence-electron chi connectivity index (χ4n) is 2.31.